The van der Waals surface area contributed by atoms with Crippen molar-refractivity contribution in [3.05, 3.63) is 48.6 Å². The van der Waals surface area contributed by atoms with Crippen LogP contribution < -0.4 is 0 Å². The maximum Gasteiger partial charge on any atom is 0.321 e. The van der Waals surface area contributed by atoms with E-state index in [0.29, 0.717) is 0 Å². The lowest BCUT2D eigenvalue weighted by molar-refractivity contribution is 0.123. The molecule has 126 valence electrons. The number of urea groups is 1. The number of amides is 2. The fraction of sp³-hybridized carbons (Fsp3) is 0.550. The van der Waals surface area contributed by atoms with E-state index in [1.807, 2.05) is 21.9 Å². The number of benzene rings is 1. The van der Waals surface area contributed by atoms with Crippen molar-refractivity contribution in [2.24, 2.45) is 0 Å². The lowest BCUT2D eigenvalue weighted by atomic mass is 9.94. The Kier molecular flexibility index (Phi) is 4.61. The van der Waals surface area contributed by atoms with E-state index in [2.05, 4.69) is 72.4 Å². The van der Waals surface area contributed by atoms with Crippen LogP contribution in [-0.4, -0.2) is 39.0 Å². The van der Waals surface area contributed by atoms with Crippen LogP contribution in [0.2, 0.25) is 0 Å². The zero-order chi connectivity index (χ0) is 17.4. The molecular formula is C20H30N2O. The van der Waals surface area contributed by atoms with E-state index in [1.54, 1.807) is 0 Å². The Bertz CT molecular complexity index is 566. The highest BCUT2D eigenvalue weighted by atomic mass is 16.2. The Morgan fingerprint density at radius 2 is 1.52 bits per heavy atom. The van der Waals surface area contributed by atoms with Gasteiger partial charge in [-0.2, -0.15) is 0 Å². The molecular weight excluding hydrogens is 284 g/mol. The standard InChI is InChI=1S/C20H30N2O/c1-8-16-17(14-15-12-10-9-11-13-15)22(20(5,6)7)18(23)21(16)19(2,3)4/h8-13,16-17H,1,14H2,2-7H3/t16-,17-/m0/s1. The summed E-state index contributed by atoms with van der Waals surface area (Å²) < 4.78 is 0. The molecule has 2 atom stereocenters. The largest absolute Gasteiger partial charge is 0.321 e. The summed E-state index contributed by atoms with van der Waals surface area (Å²) in [6.45, 7) is 16.6. The Balaban J connectivity index is 2.45. The molecule has 1 aromatic carbocycles. The van der Waals surface area contributed by atoms with Gasteiger partial charge in [-0.3, -0.25) is 0 Å². The van der Waals surface area contributed by atoms with Crippen molar-refractivity contribution in [2.45, 2.75) is 71.1 Å². The molecule has 0 saturated carbocycles. The molecule has 1 aliphatic rings. The average Bonchev–Trinajstić information content (AvgIpc) is 2.71. The van der Waals surface area contributed by atoms with Crippen molar-refractivity contribution in [1.82, 2.24) is 9.80 Å². The fourth-order valence-corrected chi connectivity index (χ4v) is 3.56. The van der Waals surface area contributed by atoms with E-state index >= 15 is 0 Å². The van der Waals surface area contributed by atoms with Crippen molar-refractivity contribution in [3.8, 4) is 0 Å². The van der Waals surface area contributed by atoms with Gasteiger partial charge in [0.15, 0.2) is 0 Å². The van der Waals surface area contributed by atoms with Crippen LogP contribution in [0, 0.1) is 0 Å². The molecule has 1 aliphatic heterocycles. The minimum absolute atomic E-state index is 0.0157. The first kappa shape index (κ1) is 17.6. The van der Waals surface area contributed by atoms with Crippen LogP contribution in [0.25, 0.3) is 0 Å². The van der Waals surface area contributed by atoms with Crippen LogP contribution in [0.3, 0.4) is 0 Å². The van der Waals surface area contributed by atoms with Crippen LogP contribution in [0.1, 0.15) is 47.1 Å². The summed E-state index contributed by atoms with van der Waals surface area (Å²) in [4.78, 5) is 17.2. The van der Waals surface area contributed by atoms with Gasteiger partial charge in [-0.05, 0) is 53.5 Å². The second-order valence-electron chi connectivity index (χ2n) is 8.35. The lowest BCUT2D eigenvalue weighted by Crippen LogP contribution is -2.50. The van der Waals surface area contributed by atoms with Gasteiger partial charge in [0.25, 0.3) is 0 Å². The summed E-state index contributed by atoms with van der Waals surface area (Å²) in [6.07, 6.45) is 2.77. The highest BCUT2D eigenvalue weighted by molar-refractivity contribution is 5.80. The van der Waals surface area contributed by atoms with E-state index in [-0.39, 0.29) is 29.2 Å². The van der Waals surface area contributed by atoms with Crippen molar-refractivity contribution in [3.63, 3.8) is 0 Å². The molecule has 0 spiro atoms. The van der Waals surface area contributed by atoms with Crippen LogP contribution in [0.4, 0.5) is 4.79 Å². The van der Waals surface area contributed by atoms with Gasteiger partial charge in [0.05, 0.1) is 12.1 Å². The molecule has 0 bridgehead atoms. The third kappa shape index (κ3) is 3.44. The number of nitrogens with zero attached hydrogens (tertiary/aromatic N) is 2. The average molecular weight is 314 g/mol. The molecule has 2 rings (SSSR count). The van der Waals surface area contributed by atoms with Crippen LogP contribution in [0.5, 0.6) is 0 Å². The van der Waals surface area contributed by atoms with E-state index in [1.165, 1.54) is 5.56 Å². The minimum atomic E-state index is -0.231. The summed E-state index contributed by atoms with van der Waals surface area (Å²) in [7, 11) is 0. The Morgan fingerprint density at radius 3 is 1.96 bits per heavy atom. The third-order valence-electron chi connectivity index (χ3n) is 4.41. The summed E-state index contributed by atoms with van der Waals surface area (Å²) in [6, 6.07) is 10.6. The molecule has 0 unspecified atom stereocenters. The molecule has 0 aromatic heterocycles. The molecule has 23 heavy (non-hydrogen) atoms. The highest BCUT2D eigenvalue weighted by Gasteiger charge is 2.51. The number of carbonyl (C=O) groups is 1. The van der Waals surface area contributed by atoms with Crippen molar-refractivity contribution >= 4 is 6.03 Å². The minimum Gasteiger partial charge on any atom is -0.314 e. The fourth-order valence-electron chi connectivity index (χ4n) is 3.56. The molecule has 0 radical (unpaired) electrons. The van der Waals surface area contributed by atoms with E-state index in [9.17, 15) is 4.79 Å². The maximum absolute atomic E-state index is 13.2. The maximum atomic E-state index is 13.2. The van der Waals surface area contributed by atoms with Crippen LogP contribution in [0.15, 0.2) is 43.0 Å². The third-order valence-corrected chi connectivity index (χ3v) is 4.41. The van der Waals surface area contributed by atoms with Crippen LogP contribution >= 0.6 is 0 Å². The number of hydrogen-bond donors (Lipinski definition) is 0. The normalized spacial score (nSPS) is 22.6. The predicted molar refractivity (Wildman–Crippen MR) is 96.5 cm³/mol. The van der Waals surface area contributed by atoms with Gasteiger partial charge in [0.2, 0.25) is 0 Å². The smallest absolute Gasteiger partial charge is 0.314 e. The molecule has 1 saturated heterocycles. The Morgan fingerprint density at radius 1 is 1.00 bits per heavy atom. The summed E-state index contributed by atoms with van der Waals surface area (Å²) in [5.74, 6) is 0. The number of rotatable bonds is 3. The molecule has 3 heteroatoms. The molecule has 1 fully saturated rings. The summed E-state index contributed by atoms with van der Waals surface area (Å²) in [5.41, 5.74) is 0.796. The van der Waals surface area contributed by atoms with Gasteiger partial charge in [0.1, 0.15) is 0 Å². The summed E-state index contributed by atoms with van der Waals surface area (Å²) in [5, 5.41) is 0. The first-order valence-corrected chi connectivity index (χ1v) is 8.36. The molecule has 1 aromatic rings. The zero-order valence-electron chi connectivity index (χ0n) is 15.3. The predicted octanol–water partition coefficient (Wildman–Crippen LogP) is 4.49. The lowest BCUT2D eigenvalue weighted by Gasteiger charge is -2.37. The molecule has 1 heterocycles. The quantitative estimate of drug-likeness (QED) is 0.754. The van der Waals surface area contributed by atoms with E-state index in [0.717, 1.165) is 6.42 Å². The topological polar surface area (TPSA) is 23.6 Å². The molecule has 0 N–H and O–H groups in total. The van der Waals surface area contributed by atoms with Crippen molar-refractivity contribution in [2.75, 3.05) is 0 Å². The van der Waals surface area contributed by atoms with Gasteiger partial charge in [-0.1, -0.05) is 36.4 Å². The van der Waals surface area contributed by atoms with Gasteiger partial charge in [-0.25, -0.2) is 4.79 Å². The molecule has 0 aliphatic carbocycles. The van der Waals surface area contributed by atoms with Crippen molar-refractivity contribution in [1.29, 1.82) is 0 Å². The van der Waals surface area contributed by atoms with Crippen LogP contribution in [-0.2, 0) is 6.42 Å². The van der Waals surface area contributed by atoms with Crippen molar-refractivity contribution < 1.29 is 4.79 Å². The van der Waals surface area contributed by atoms with Gasteiger partial charge in [0, 0.05) is 11.1 Å². The SMILES string of the molecule is C=C[C@H]1[C@H](Cc2ccccc2)N(C(C)(C)C)C(=O)N1C(C)(C)C. The second-order valence-corrected chi connectivity index (χ2v) is 8.35. The van der Waals surface area contributed by atoms with E-state index < -0.39 is 0 Å². The Hall–Kier alpha value is -1.77. The first-order chi connectivity index (χ1) is 10.6. The highest BCUT2D eigenvalue weighted by Crippen LogP contribution is 2.36. The Labute approximate surface area is 141 Å². The van der Waals surface area contributed by atoms with E-state index in [4.69, 9.17) is 0 Å². The number of hydrogen-bond acceptors (Lipinski definition) is 1. The van der Waals surface area contributed by atoms with Gasteiger partial charge < -0.3 is 9.80 Å². The first-order valence-electron chi connectivity index (χ1n) is 8.36. The number of carbonyl (C=O) groups excluding carboxylic acids is 1. The molecule has 2 amide bonds. The zero-order valence-corrected chi connectivity index (χ0v) is 15.3. The molecule has 3 nitrogen and oxygen atoms in total. The monoisotopic (exact) mass is 314 g/mol. The second kappa shape index (κ2) is 6.03. The summed E-state index contributed by atoms with van der Waals surface area (Å²) >= 11 is 0. The van der Waals surface area contributed by atoms with Gasteiger partial charge in [-0.15, -0.1) is 6.58 Å². The van der Waals surface area contributed by atoms with Gasteiger partial charge >= 0.3 is 6.03 Å².